The molecule has 2 atom stereocenters. The molecule has 4 nitrogen and oxygen atoms in total. The summed E-state index contributed by atoms with van der Waals surface area (Å²) in [4.78, 5) is 4.29. The lowest BCUT2D eigenvalue weighted by atomic mass is 9.90. The molecule has 1 aromatic rings. The van der Waals surface area contributed by atoms with Crippen molar-refractivity contribution in [2.75, 3.05) is 5.75 Å². The second-order valence-electron chi connectivity index (χ2n) is 5.11. The molecule has 1 fully saturated rings. The molecule has 0 aliphatic carbocycles. The predicted octanol–water partition coefficient (Wildman–Crippen LogP) is 2.05. The van der Waals surface area contributed by atoms with Crippen molar-refractivity contribution in [3.05, 3.63) is 12.2 Å². The molecule has 1 aliphatic heterocycles. The number of hydrogen-bond acceptors (Lipinski definition) is 4. The lowest BCUT2D eigenvalue weighted by Crippen LogP contribution is -2.44. The second kappa shape index (κ2) is 4.98. The van der Waals surface area contributed by atoms with Gasteiger partial charge in [-0.3, -0.25) is 0 Å². The van der Waals surface area contributed by atoms with E-state index in [1.54, 1.807) is 6.33 Å². The summed E-state index contributed by atoms with van der Waals surface area (Å²) in [5, 5.41) is 15.2. The third-order valence-corrected chi connectivity index (χ3v) is 4.94. The van der Waals surface area contributed by atoms with Gasteiger partial charge in [0.2, 0.25) is 0 Å². The molecule has 2 rings (SSSR count). The van der Waals surface area contributed by atoms with Gasteiger partial charge in [-0.05, 0) is 32.4 Å². The SMILES string of the molecule is CC(C)n1ncnc1CC1(O)CCCSC1C. The van der Waals surface area contributed by atoms with Crippen molar-refractivity contribution in [1.29, 1.82) is 0 Å². The van der Waals surface area contributed by atoms with E-state index in [4.69, 9.17) is 0 Å². The Balaban J connectivity index is 2.16. The van der Waals surface area contributed by atoms with E-state index in [1.165, 1.54) is 0 Å². The zero-order chi connectivity index (χ0) is 12.5. The van der Waals surface area contributed by atoms with Crippen LogP contribution in [0.3, 0.4) is 0 Å². The summed E-state index contributed by atoms with van der Waals surface area (Å²) in [7, 11) is 0. The predicted molar refractivity (Wildman–Crippen MR) is 70.2 cm³/mol. The summed E-state index contributed by atoms with van der Waals surface area (Å²) in [5.41, 5.74) is -0.622. The van der Waals surface area contributed by atoms with Crippen molar-refractivity contribution in [3.8, 4) is 0 Å². The van der Waals surface area contributed by atoms with Gasteiger partial charge in [-0.2, -0.15) is 16.9 Å². The standard InChI is InChI=1S/C12H21N3OS/c1-9(2)15-11(13-8-14-15)7-12(16)5-4-6-17-10(12)3/h8-10,16H,4-7H2,1-3H3. The summed E-state index contributed by atoms with van der Waals surface area (Å²) >= 11 is 1.85. The van der Waals surface area contributed by atoms with Crippen LogP contribution in [0.15, 0.2) is 6.33 Å². The summed E-state index contributed by atoms with van der Waals surface area (Å²) in [6, 6.07) is 0.294. The molecule has 17 heavy (non-hydrogen) atoms. The fraction of sp³-hybridized carbons (Fsp3) is 0.833. The maximum Gasteiger partial charge on any atom is 0.138 e. The van der Waals surface area contributed by atoms with Gasteiger partial charge in [0.25, 0.3) is 0 Å². The van der Waals surface area contributed by atoms with E-state index in [-0.39, 0.29) is 5.25 Å². The Kier molecular flexibility index (Phi) is 3.78. The smallest absolute Gasteiger partial charge is 0.138 e. The number of aliphatic hydroxyl groups is 1. The highest BCUT2D eigenvalue weighted by atomic mass is 32.2. The van der Waals surface area contributed by atoms with Gasteiger partial charge in [-0.15, -0.1) is 0 Å². The Hall–Kier alpha value is -0.550. The van der Waals surface area contributed by atoms with Crippen molar-refractivity contribution in [2.24, 2.45) is 0 Å². The molecule has 0 bridgehead atoms. The van der Waals surface area contributed by atoms with Crippen molar-refractivity contribution >= 4 is 11.8 Å². The third kappa shape index (κ3) is 2.65. The summed E-state index contributed by atoms with van der Waals surface area (Å²) < 4.78 is 1.91. The Morgan fingerprint density at radius 3 is 3.06 bits per heavy atom. The molecule has 0 saturated carbocycles. The van der Waals surface area contributed by atoms with Gasteiger partial charge in [0, 0.05) is 17.7 Å². The minimum absolute atomic E-state index is 0.272. The minimum Gasteiger partial charge on any atom is -0.388 e. The quantitative estimate of drug-likeness (QED) is 0.898. The van der Waals surface area contributed by atoms with Crippen LogP contribution in [0.2, 0.25) is 0 Å². The summed E-state index contributed by atoms with van der Waals surface area (Å²) in [6.45, 7) is 6.28. The number of nitrogens with zero attached hydrogens (tertiary/aromatic N) is 3. The molecule has 96 valence electrons. The lowest BCUT2D eigenvalue weighted by molar-refractivity contribution is 0.0266. The molecular weight excluding hydrogens is 234 g/mol. The van der Waals surface area contributed by atoms with E-state index in [2.05, 4.69) is 30.9 Å². The van der Waals surface area contributed by atoms with Crippen molar-refractivity contribution in [1.82, 2.24) is 14.8 Å². The van der Waals surface area contributed by atoms with Crippen LogP contribution in [0.1, 0.15) is 45.5 Å². The highest BCUT2D eigenvalue weighted by molar-refractivity contribution is 8.00. The van der Waals surface area contributed by atoms with E-state index in [0.29, 0.717) is 12.5 Å². The molecule has 1 aliphatic rings. The van der Waals surface area contributed by atoms with Gasteiger partial charge < -0.3 is 5.11 Å². The van der Waals surface area contributed by atoms with Gasteiger partial charge in [0.1, 0.15) is 12.2 Å². The summed E-state index contributed by atoms with van der Waals surface area (Å²) in [5.74, 6) is 2.05. The highest BCUT2D eigenvalue weighted by Gasteiger charge is 2.38. The first-order valence-electron chi connectivity index (χ1n) is 6.25. The first kappa shape index (κ1) is 12.9. The van der Waals surface area contributed by atoms with Crippen LogP contribution in [0, 0.1) is 0 Å². The molecule has 0 spiro atoms. The average molecular weight is 255 g/mol. The molecule has 0 radical (unpaired) electrons. The normalized spacial score (nSPS) is 29.8. The fourth-order valence-corrected chi connectivity index (χ4v) is 3.51. The number of thioether (sulfide) groups is 1. The topological polar surface area (TPSA) is 50.9 Å². The molecular formula is C12H21N3OS. The van der Waals surface area contributed by atoms with Crippen molar-refractivity contribution in [3.63, 3.8) is 0 Å². The van der Waals surface area contributed by atoms with E-state index >= 15 is 0 Å². The lowest BCUT2D eigenvalue weighted by Gasteiger charge is -2.37. The van der Waals surface area contributed by atoms with E-state index < -0.39 is 5.60 Å². The van der Waals surface area contributed by atoms with Crippen molar-refractivity contribution < 1.29 is 5.11 Å². The van der Waals surface area contributed by atoms with Crippen LogP contribution < -0.4 is 0 Å². The molecule has 1 N–H and O–H groups in total. The number of hydrogen-bond donors (Lipinski definition) is 1. The van der Waals surface area contributed by atoms with Crippen molar-refractivity contribution in [2.45, 2.75) is 56.9 Å². The van der Waals surface area contributed by atoms with Crippen LogP contribution in [0.5, 0.6) is 0 Å². The van der Waals surface area contributed by atoms with Crippen LogP contribution >= 0.6 is 11.8 Å². The average Bonchev–Trinajstić information content (AvgIpc) is 2.70. The third-order valence-electron chi connectivity index (χ3n) is 3.48. The maximum atomic E-state index is 10.7. The van der Waals surface area contributed by atoms with Gasteiger partial charge >= 0.3 is 0 Å². The number of rotatable bonds is 3. The van der Waals surface area contributed by atoms with Gasteiger partial charge in [0.05, 0.1) is 5.60 Å². The van der Waals surface area contributed by atoms with E-state index in [0.717, 1.165) is 24.4 Å². The highest BCUT2D eigenvalue weighted by Crippen LogP contribution is 2.36. The summed E-state index contributed by atoms with van der Waals surface area (Å²) in [6.07, 6.45) is 4.14. The fourth-order valence-electron chi connectivity index (χ4n) is 2.33. The maximum absolute atomic E-state index is 10.7. The molecule has 0 aromatic carbocycles. The second-order valence-corrected chi connectivity index (χ2v) is 6.56. The molecule has 1 aromatic heterocycles. The van der Waals surface area contributed by atoms with E-state index in [1.807, 2.05) is 16.4 Å². The Morgan fingerprint density at radius 1 is 1.65 bits per heavy atom. The Morgan fingerprint density at radius 2 is 2.41 bits per heavy atom. The molecule has 1 saturated heterocycles. The molecule has 5 heteroatoms. The molecule has 0 amide bonds. The van der Waals surface area contributed by atoms with Crippen LogP contribution in [0.4, 0.5) is 0 Å². The largest absolute Gasteiger partial charge is 0.388 e. The molecule has 2 heterocycles. The van der Waals surface area contributed by atoms with Gasteiger partial charge in [-0.1, -0.05) is 6.92 Å². The van der Waals surface area contributed by atoms with Crippen LogP contribution in [0.25, 0.3) is 0 Å². The van der Waals surface area contributed by atoms with Gasteiger partial charge in [0.15, 0.2) is 0 Å². The van der Waals surface area contributed by atoms with E-state index in [9.17, 15) is 5.11 Å². The van der Waals surface area contributed by atoms with Gasteiger partial charge in [-0.25, -0.2) is 9.67 Å². The first-order valence-corrected chi connectivity index (χ1v) is 7.30. The zero-order valence-corrected chi connectivity index (χ0v) is 11.6. The Bertz CT molecular complexity index is 380. The monoisotopic (exact) mass is 255 g/mol. The Labute approximate surface area is 107 Å². The minimum atomic E-state index is -0.622. The number of aromatic nitrogens is 3. The first-order chi connectivity index (χ1) is 8.03. The molecule has 2 unspecified atom stereocenters. The zero-order valence-electron chi connectivity index (χ0n) is 10.8. The van der Waals surface area contributed by atoms with Crippen LogP contribution in [-0.2, 0) is 6.42 Å². The van der Waals surface area contributed by atoms with Crippen LogP contribution in [-0.4, -0.2) is 36.5 Å².